The molecule has 0 aliphatic rings. The number of carbonyl (C=O) groups excluding carboxylic acids is 1. The van der Waals surface area contributed by atoms with Gasteiger partial charge in [0.1, 0.15) is 18.0 Å². The first-order valence-corrected chi connectivity index (χ1v) is 6.72. The molecule has 0 bridgehead atoms. The topological polar surface area (TPSA) is 76.3 Å². The van der Waals surface area contributed by atoms with E-state index in [1.807, 2.05) is 0 Å². The molecular formula is C13H16ClN3O3S. The fourth-order valence-electron chi connectivity index (χ4n) is 1.66. The number of benzene rings is 1. The monoisotopic (exact) mass is 329 g/mol. The summed E-state index contributed by atoms with van der Waals surface area (Å²) in [5.74, 6) is 0.991. The molecule has 0 spiro atoms. The van der Waals surface area contributed by atoms with Crippen LogP contribution >= 0.6 is 23.7 Å². The van der Waals surface area contributed by atoms with Crippen LogP contribution in [0.5, 0.6) is 11.5 Å². The summed E-state index contributed by atoms with van der Waals surface area (Å²) in [6, 6.07) is 5.14. The highest BCUT2D eigenvalue weighted by Crippen LogP contribution is 2.25. The normalized spacial score (nSPS) is 9.62. The molecule has 21 heavy (non-hydrogen) atoms. The van der Waals surface area contributed by atoms with Gasteiger partial charge >= 0.3 is 0 Å². The van der Waals surface area contributed by atoms with E-state index in [1.54, 1.807) is 48.6 Å². The predicted octanol–water partition coefficient (Wildman–Crippen LogP) is 2.11. The molecule has 1 aromatic heterocycles. The lowest BCUT2D eigenvalue weighted by Crippen LogP contribution is -2.23. The molecule has 0 unspecified atom stereocenters. The van der Waals surface area contributed by atoms with E-state index in [2.05, 4.69) is 5.32 Å². The minimum absolute atomic E-state index is 0. The highest BCUT2D eigenvalue weighted by atomic mass is 35.5. The van der Waals surface area contributed by atoms with Crippen LogP contribution in [0.3, 0.4) is 0 Å². The van der Waals surface area contributed by atoms with Crippen LogP contribution < -0.4 is 19.6 Å². The van der Waals surface area contributed by atoms with Gasteiger partial charge in [-0.25, -0.2) is 0 Å². The Balaban J connectivity index is 0.00000220. The maximum Gasteiger partial charge on any atom is 0.244 e. The molecule has 0 radical (unpaired) electrons. The van der Waals surface area contributed by atoms with Crippen molar-refractivity contribution in [3.05, 3.63) is 34.6 Å². The number of anilines is 1. The Morgan fingerprint density at radius 1 is 1.29 bits per heavy atom. The van der Waals surface area contributed by atoms with Crippen LogP contribution in [0.4, 0.5) is 5.69 Å². The standard InChI is InChI=1S/C13H15N3O3S.ClH/c1-18-10-5-9(6-11(7-10)19-2)15-12(17)8-16-3-4-20-13(16)14;/h3-7,14H,8H2,1-2H3,(H,15,17);1H. The van der Waals surface area contributed by atoms with E-state index in [4.69, 9.17) is 14.9 Å². The third-order valence-electron chi connectivity index (χ3n) is 2.63. The lowest BCUT2D eigenvalue weighted by atomic mass is 10.2. The molecule has 1 heterocycles. The van der Waals surface area contributed by atoms with E-state index < -0.39 is 0 Å². The second-order valence-electron chi connectivity index (χ2n) is 3.99. The molecule has 0 saturated heterocycles. The summed E-state index contributed by atoms with van der Waals surface area (Å²) < 4.78 is 11.8. The molecule has 0 saturated carbocycles. The lowest BCUT2D eigenvalue weighted by Gasteiger charge is -2.10. The Morgan fingerprint density at radius 2 is 1.90 bits per heavy atom. The van der Waals surface area contributed by atoms with Crippen molar-refractivity contribution in [2.24, 2.45) is 0 Å². The fourth-order valence-corrected chi connectivity index (χ4v) is 2.26. The summed E-state index contributed by atoms with van der Waals surface area (Å²) in [6.45, 7) is 0.0991. The van der Waals surface area contributed by atoms with Crippen LogP contribution in [0, 0.1) is 5.41 Å². The van der Waals surface area contributed by atoms with Crippen molar-refractivity contribution in [3.63, 3.8) is 0 Å². The first kappa shape index (κ1) is 17.1. The van der Waals surface area contributed by atoms with Crippen molar-refractivity contribution in [1.82, 2.24) is 4.57 Å². The number of hydrogen-bond acceptors (Lipinski definition) is 5. The molecule has 0 aliphatic heterocycles. The molecule has 0 fully saturated rings. The van der Waals surface area contributed by atoms with Gasteiger partial charge in [0.15, 0.2) is 4.80 Å². The summed E-state index contributed by atoms with van der Waals surface area (Å²) in [5, 5.41) is 12.1. The van der Waals surface area contributed by atoms with Gasteiger partial charge < -0.3 is 19.4 Å². The molecule has 1 amide bonds. The van der Waals surface area contributed by atoms with Crippen molar-refractivity contribution >= 4 is 35.3 Å². The molecule has 0 atom stereocenters. The maximum absolute atomic E-state index is 11.9. The lowest BCUT2D eigenvalue weighted by molar-refractivity contribution is -0.116. The second kappa shape index (κ2) is 7.70. The van der Waals surface area contributed by atoms with E-state index >= 15 is 0 Å². The van der Waals surface area contributed by atoms with Gasteiger partial charge in [-0.05, 0) is 0 Å². The smallest absolute Gasteiger partial charge is 0.244 e. The Kier molecular flexibility index (Phi) is 6.26. The second-order valence-corrected chi connectivity index (χ2v) is 4.88. The first-order valence-electron chi connectivity index (χ1n) is 5.84. The number of nitrogens with zero attached hydrogens (tertiary/aromatic N) is 1. The van der Waals surface area contributed by atoms with Gasteiger partial charge in [0.05, 0.1) is 14.2 Å². The predicted molar refractivity (Wildman–Crippen MR) is 83.6 cm³/mol. The SMILES string of the molecule is COc1cc(NC(=O)Cn2ccsc2=N)cc(OC)c1.Cl. The van der Waals surface area contributed by atoms with Crippen molar-refractivity contribution in [3.8, 4) is 11.5 Å². The minimum atomic E-state index is -0.211. The van der Waals surface area contributed by atoms with Gasteiger partial charge in [0.2, 0.25) is 5.91 Å². The van der Waals surface area contributed by atoms with Crippen molar-refractivity contribution < 1.29 is 14.3 Å². The maximum atomic E-state index is 11.9. The third-order valence-corrected chi connectivity index (χ3v) is 3.35. The van der Waals surface area contributed by atoms with Crippen LogP contribution in [-0.2, 0) is 11.3 Å². The number of hydrogen-bond donors (Lipinski definition) is 2. The van der Waals surface area contributed by atoms with Gasteiger partial charge in [0, 0.05) is 35.5 Å². The molecule has 0 aliphatic carbocycles. The van der Waals surface area contributed by atoms with E-state index in [0.29, 0.717) is 22.0 Å². The summed E-state index contributed by atoms with van der Waals surface area (Å²) >= 11 is 1.27. The highest BCUT2D eigenvalue weighted by Gasteiger charge is 2.07. The van der Waals surface area contributed by atoms with Crippen LogP contribution in [0.1, 0.15) is 0 Å². The Hall–Kier alpha value is -1.99. The zero-order valence-electron chi connectivity index (χ0n) is 11.6. The molecule has 2 N–H and O–H groups in total. The van der Waals surface area contributed by atoms with Crippen LogP contribution in [0.15, 0.2) is 29.8 Å². The van der Waals surface area contributed by atoms with E-state index in [0.717, 1.165) is 0 Å². The number of aromatic nitrogens is 1. The average Bonchev–Trinajstić information content (AvgIpc) is 2.83. The summed E-state index contributed by atoms with van der Waals surface area (Å²) in [4.78, 5) is 12.3. The summed E-state index contributed by atoms with van der Waals surface area (Å²) in [7, 11) is 3.10. The number of thiazole rings is 1. The van der Waals surface area contributed by atoms with Crippen LogP contribution in [-0.4, -0.2) is 24.7 Å². The van der Waals surface area contributed by atoms with E-state index in [1.165, 1.54) is 11.3 Å². The van der Waals surface area contributed by atoms with Gasteiger partial charge in [-0.1, -0.05) is 0 Å². The minimum Gasteiger partial charge on any atom is -0.497 e. The molecule has 6 nitrogen and oxygen atoms in total. The quantitative estimate of drug-likeness (QED) is 0.882. The molecule has 2 aromatic rings. The fraction of sp³-hybridized carbons (Fsp3) is 0.231. The number of amides is 1. The number of methoxy groups -OCH3 is 2. The molecular weight excluding hydrogens is 314 g/mol. The first-order chi connectivity index (χ1) is 9.62. The number of carbonyl (C=O) groups is 1. The van der Waals surface area contributed by atoms with E-state index in [-0.39, 0.29) is 24.9 Å². The Labute approximate surface area is 132 Å². The highest BCUT2D eigenvalue weighted by molar-refractivity contribution is 7.06. The average molecular weight is 330 g/mol. The summed E-state index contributed by atoms with van der Waals surface area (Å²) in [6.07, 6.45) is 1.71. The van der Waals surface area contributed by atoms with Gasteiger partial charge in [-0.15, -0.1) is 23.7 Å². The third kappa shape index (κ3) is 4.51. The summed E-state index contributed by atoms with van der Waals surface area (Å²) in [5.41, 5.74) is 0.591. The zero-order chi connectivity index (χ0) is 14.5. The van der Waals surface area contributed by atoms with Crippen LogP contribution in [0.25, 0.3) is 0 Å². The zero-order valence-corrected chi connectivity index (χ0v) is 13.2. The molecule has 114 valence electrons. The van der Waals surface area contributed by atoms with Gasteiger partial charge in [-0.3, -0.25) is 10.2 Å². The number of halogens is 1. The van der Waals surface area contributed by atoms with Crippen LogP contribution in [0.2, 0.25) is 0 Å². The van der Waals surface area contributed by atoms with E-state index in [9.17, 15) is 4.79 Å². The van der Waals surface area contributed by atoms with Crippen molar-refractivity contribution in [1.29, 1.82) is 5.41 Å². The molecule has 1 aromatic carbocycles. The van der Waals surface area contributed by atoms with Gasteiger partial charge in [-0.2, -0.15) is 0 Å². The Morgan fingerprint density at radius 3 is 2.38 bits per heavy atom. The molecule has 2 rings (SSSR count). The molecule has 8 heteroatoms. The number of ether oxygens (including phenoxy) is 2. The van der Waals surface area contributed by atoms with Gasteiger partial charge in [0.25, 0.3) is 0 Å². The number of nitrogens with one attached hydrogen (secondary N) is 2. The van der Waals surface area contributed by atoms with Crippen molar-refractivity contribution in [2.45, 2.75) is 6.54 Å². The largest absolute Gasteiger partial charge is 0.497 e. The van der Waals surface area contributed by atoms with Crippen molar-refractivity contribution in [2.75, 3.05) is 19.5 Å². The number of rotatable bonds is 5. The Bertz CT molecular complexity index is 646.